The van der Waals surface area contributed by atoms with E-state index in [0.717, 1.165) is 12.0 Å². The van der Waals surface area contributed by atoms with Crippen molar-refractivity contribution in [2.75, 3.05) is 20.1 Å². The minimum atomic E-state index is -3.16. The summed E-state index contributed by atoms with van der Waals surface area (Å²) in [6.45, 7) is 1.50. The summed E-state index contributed by atoms with van der Waals surface area (Å²) in [6.07, 6.45) is 1.53. The van der Waals surface area contributed by atoms with Crippen LogP contribution in [0.25, 0.3) is 0 Å². The van der Waals surface area contributed by atoms with Crippen molar-refractivity contribution in [3.8, 4) is 0 Å². The van der Waals surface area contributed by atoms with Gasteiger partial charge in [-0.3, -0.25) is 0 Å². The van der Waals surface area contributed by atoms with E-state index in [-0.39, 0.29) is 17.9 Å². The molecule has 0 unspecified atom stereocenters. The molecule has 2 fully saturated rings. The minimum Gasteiger partial charge on any atom is -0.445 e. The highest BCUT2D eigenvalue weighted by molar-refractivity contribution is 7.89. The molecule has 0 bridgehead atoms. The summed E-state index contributed by atoms with van der Waals surface area (Å²) in [5, 5.41) is -0.350. The average molecular weight is 338 g/mol. The number of hydrogen-bond acceptors (Lipinski definition) is 4. The molecule has 1 aromatic rings. The van der Waals surface area contributed by atoms with Crippen molar-refractivity contribution < 1.29 is 17.9 Å². The summed E-state index contributed by atoms with van der Waals surface area (Å²) >= 11 is 0. The maximum Gasteiger partial charge on any atom is 0.410 e. The van der Waals surface area contributed by atoms with Crippen molar-refractivity contribution in [3.63, 3.8) is 0 Å². The lowest BCUT2D eigenvalue weighted by atomic mass is 9.91. The first-order valence-corrected chi connectivity index (χ1v) is 9.41. The fraction of sp³-hybridized carbons (Fsp3) is 0.562. The Morgan fingerprint density at radius 1 is 1.26 bits per heavy atom. The van der Waals surface area contributed by atoms with E-state index in [1.165, 1.54) is 4.90 Å². The molecule has 0 spiro atoms. The molecule has 1 saturated heterocycles. The van der Waals surface area contributed by atoms with Crippen molar-refractivity contribution >= 4 is 16.1 Å². The first kappa shape index (κ1) is 16.3. The standard InChI is InChI=1S/C16H22N2O4S/c1-17(16(19)22-12-13-6-3-2-4-7-13)14-10-15(11-14)23(20,21)18-8-5-9-18/h2-4,6-7,14-15H,5,8-12H2,1H3. The van der Waals surface area contributed by atoms with Crippen LogP contribution in [0.4, 0.5) is 4.79 Å². The Hall–Kier alpha value is -1.60. The number of amides is 1. The Bertz CT molecular complexity index is 652. The largest absolute Gasteiger partial charge is 0.445 e. The second kappa shape index (κ2) is 6.49. The summed E-state index contributed by atoms with van der Waals surface area (Å²) in [7, 11) is -1.49. The van der Waals surface area contributed by atoms with Gasteiger partial charge in [0.2, 0.25) is 10.0 Å². The maximum atomic E-state index is 12.2. The third-order valence-electron chi connectivity index (χ3n) is 4.71. The van der Waals surface area contributed by atoms with Crippen LogP contribution in [0.15, 0.2) is 30.3 Å². The molecule has 0 atom stereocenters. The zero-order valence-electron chi connectivity index (χ0n) is 13.2. The van der Waals surface area contributed by atoms with Gasteiger partial charge in [-0.25, -0.2) is 17.5 Å². The second-order valence-corrected chi connectivity index (χ2v) is 8.41. The summed E-state index contributed by atoms with van der Waals surface area (Å²) in [6, 6.07) is 9.43. The first-order chi connectivity index (χ1) is 11.0. The number of rotatable bonds is 5. The third-order valence-corrected chi connectivity index (χ3v) is 7.02. The summed E-state index contributed by atoms with van der Waals surface area (Å²) in [5.74, 6) is 0. The van der Waals surface area contributed by atoms with Crippen molar-refractivity contribution in [3.05, 3.63) is 35.9 Å². The molecule has 0 aromatic heterocycles. The number of benzene rings is 1. The predicted molar refractivity (Wildman–Crippen MR) is 86.3 cm³/mol. The number of hydrogen-bond donors (Lipinski definition) is 0. The maximum absolute atomic E-state index is 12.2. The average Bonchev–Trinajstić information content (AvgIpc) is 2.41. The van der Waals surface area contributed by atoms with Gasteiger partial charge in [0.15, 0.2) is 0 Å². The van der Waals surface area contributed by atoms with Crippen LogP contribution >= 0.6 is 0 Å². The molecule has 0 radical (unpaired) electrons. The van der Waals surface area contributed by atoms with Gasteiger partial charge in [0.25, 0.3) is 0 Å². The van der Waals surface area contributed by atoms with Crippen LogP contribution in [0.5, 0.6) is 0 Å². The van der Waals surface area contributed by atoms with Gasteiger partial charge in [-0.2, -0.15) is 0 Å². The topological polar surface area (TPSA) is 66.9 Å². The van der Waals surface area contributed by atoms with Gasteiger partial charge in [0.1, 0.15) is 6.61 Å². The van der Waals surface area contributed by atoms with E-state index in [1.54, 1.807) is 11.4 Å². The lowest BCUT2D eigenvalue weighted by molar-refractivity contribution is 0.0749. The molecular formula is C16H22N2O4S. The SMILES string of the molecule is CN(C(=O)OCc1ccccc1)C1CC(S(=O)(=O)N2CCC2)C1. The van der Waals surface area contributed by atoms with E-state index in [0.29, 0.717) is 25.9 Å². The molecule has 1 aromatic carbocycles. The van der Waals surface area contributed by atoms with E-state index < -0.39 is 16.1 Å². The quantitative estimate of drug-likeness (QED) is 0.821. The Morgan fingerprint density at radius 3 is 2.48 bits per heavy atom. The van der Waals surface area contributed by atoms with Gasteiger partial charge in [-0.15, -0.1) is 0 Å². The van der Waals surface area contributed by atoms with Gasteiger partial charge in [0.05, 0.1) is 5.25 Å². The number of sulfonamides is 1. The number of nitrogens with zero attached hydrogens (tertiary/aromatic N) is 2. The fourth-order valence-corrected chi connectivity index (χ4v) is 4.94. The molecular weight excluding hydrogens is 316 g/mol. The summed E-state index contributed by atoms with van der Waals surface area (Å²) in [5.41, 5.74) is 0.932. The zero-order chi connectivity index (χ0) is 16.4. The van der Waals surface area contributed by atoms with Crippen molar-refractivity contribution in [1.29, 1.82) is 0 Å². The van der Waals surface area contributed by atoms with E-state index >= 15 is 0 Å². The molecule has 1 heterocycles. The molecule has 23 heavy (non-hydrogen) atoms. The van der Waals surface area contributed by atoms with E-state index in [2.05, 4.69) is 0 Å². The summed E-state index contributed by atoms with van der Waals surface area (Å²) in [4.78, 5) is 13.6. The van der Waals surface area contributed by atoms with Crippen LogP contribution < -0.4 is 0 Å². The lowest BCUT2D eigenvalue weighted by Gasteiger charge is -2.43. The minimum absolute atomic E-state index is 0.0562. The van der Waals surface area contributed by atoms with Gasteiger partial charge in [-0.05, 0) is 24.8 Å². The highest BCUT2D eigenvalue weighted by Gasteiger charge is 2.45. The zero-order valence-corrected chi connectivity index (χ0v) is 14.0. The smallest absolute Gasteiger partial charge is 0.410 e. The van der Waals surface area contributed by atoms with Crippen LogP contribution in [0.1, 0.15) is 24.8 Å². The Kier molecular flexibility index (Phi) is 4.59. The number of carbonyl (C=O) groups is 1. The molecule has 7 heteroatoms. The fourth-order valence-electron chi connectivity index (χ4n) is 2.82. The van der Waals surface area contributed by atoms with Crippen LogP contribution in [0, 0.1) is 0 Å². The Morgan fingerprint density at radius 2 is 1.91 bits per heavy atom. The molecule has 2 aliphatic rings. The number of ether oxygens (including phenoxy) is 1. The molecule has 1 aliphatic heterocycles. The normalized spacial score (nSPS) is 24.4. The van der Waals surface area contributed by atoms with Gasteiger partial charge in [-0.1, -0.05) is 30.3 Å². The van der Waals surface area contributed by atoms with Crippen molar-refractivity contribution in [1.82, 2.24) is 9.21 Å². The first-order valence-electron chi connectivity index (χ1n) is 7.91. The van der Waals surface area contributed by atoms with Crippen LogP contribution in [-0.4, -0.2) is 55.1 Å². The monoisotopic (exact) mass is 338 g/mol. The van der Waals surface area contributed by atoms with Gasteiger partial charge >= 0.3 is 6.09 Å². The van der Waals surface area contributed by atoms with Crippen LogP contribution in [0.2, 0.25) is 0 Å². The Balaban J connectivity index is 1.46. The molecule has 126 valence electrons. The summed E-state index contributed by atoms with van der Waals surface area (Å²) < 4.78 is 31.3. The van der Waals surface area contributed by atoms with Crippen molar-refractivity contribution in [2.45, 2.75) is 37.2 Å². The highest BCUT2D eigenvalue weighted by Crippen LogP contribution is 2.34. The highest BCUT2D eigenvalue weighted by atomic mass is 32.2. The molecule has 1 amide bonds. The molecule has 3 rings (SSSR count). The second-order valence-electron chi connectivity index (χ2n) is 6.20. The molecule has 1 aliphatic carbocycles. The molecule has 1 saturated carbocycles. The Labute approximate surface area is 137 Å². The van der Waals surface area contributed by atoms with Crippen LogP contribution in [0.3, 0.4) is 0 Å². The number of carbonyl (C=O) groups excluding carboxylic acids is 1. The van der Waals surface area contributed by atoms with Gasteiger partial charge in [0, 0.05) is 26.2 Å². The van der Waals surface area contributed by atoms with Gasteiger partial charge < -0.3 is 9.64 Å². The van der Waals surface area contributed by atoms with Crippen LogP contribution in [-0.2, 0) is 21.4 Å². The molecule has 6 nitrogen and oxygen atoms in total. The molecule has 0 N–H and O–H groups in total. The van der Waals surface area contributed by atoms with E-state index in [4.69, 9.17) is 4.74 Å². The third kappa shape index (κ3) is 3.35. The lowest BCUT2D eigenvalue weighted by Crippen LogP contribution is -2.56. The van der Waals surface area contributed by atoms with E-state index in [9.17, 15) is 13.2 Å². The van der Waals surface area contributed by atoms with Crippen molar-refractivity contribution in [2.24, 2.45) is 0 Å². The predicted octanol–water partition coefficient (Wildman–Crippen LogP) is 1.82. The van der Waals surface area contributed by atoms with E-state index in [1.807, 2.05) is 30.3 Å².